The van der Waals surface area contributed by atoms with Crippen LogP contribution in [0.3, 0.4) is 0 Å². The second kappa shape index (κ2) is 4.39. The third-order valence-corrected chi connectivity index (χ3v) is 1.89. The summed E-state index contributed by atoms with van der Waals surface area (Å²) in [7, 11) is 0. The molecule has 1 rings (SSSR count). The first-order chi connectivity index (χ1) is 6.57. The van der Waals surface area contributed by atoms with Gasteiger partial charge < -0.3 is 14.9 Å². The number of carboxylic acids is 1. The largest absolute Gasteiger partial charge is 0.478 e. The molecule has 0 heterocycles. The lowest BCUT2D eigenvalue weighted by Gasteiger charge is -2.26. The van der Waals surface area contributed by atoms with Crippen LogP contribution in [0.1, 0.15) is 19.8 Å². The summed E-state index contributed by atoms with van der Waals surface area (Å²) in [4.78, 5) is 10.6. The first-order valence-corrected chi connectivity index (χ1v) is 4.56. The van der Waals surface area contributed by atoms with Crippen molar-refractivity contribution in [2.75, 3.05) is 6.61 Å². The van der Waals surface area contributed by atoms with Gasteiger partial charge in [0.1, 0.15) is 0 Å². The number of aliphatic carboxylic acids is 1. The summed E-state index contributed by atoms with van der Waals surface area (Å²) in [6, 6.07) is 0. The van der Waals surface area contributed by atoms with Crippen LogP contribution >= 0.6 is 0 Å². The number of hydrogen-bond donors (Lipinski definition) is 2. The van der Waals surface area contributed by atoms with Gasteiger partial charge in [-0.25, -0.2) is 4.79 Å². The molecule has 1 unspecified atom stereocenters. The van der Waals surface area contributed by atoms with Crippen LogP contribution in [0.5, 0.6) is 0 Å². The molecule has 0 amide bonds. The summed E-state index contributed by atoms with van der Waals surface area (Å²) in [5, 5.41) is 18.5. The first-order valence-electron chi connectivity index (χ1n) is 4.56. The Morgan fingerprint density at radius 1 is 1.71 bits per heavy atom. The van der Waals surface area contributed by atoms with Gasteiger partial charge in [-0.15, -0.1) is 0 Å². The molecule has 14 heavy (non-hydrogen) atoms. The standard InChI is InChI=1S/C10H14O4/c1-2-6-14-10(13)5-3-4-8(7-10)9(11)12/h3-4,7,13H,2,5-6H2,1H3,(H,11,12). The van der Waals surface area contributed by atoms with Crippen molar-refractivity contribution in [3.05, 3.63) is 23.8 Å². The molecule has 78 valence electrons. The van der Waals surface area contributed by atoms with E-state index in [1.54, 1.807) is 6.08 Å². The van der Waals surface area contributed by atoms with E-state index in [1.807, 2.05) is 6.92 Å². The molecule has 0 saturated carbocycles. The van der Waals surface area contributed by atoms with Crippen LogP contribution in [0, 0.1) is 0 Å². The van der Waals surface area contributed by atoms with Crippen LogP contribution in [0.4, 0.5) is 0 Å². The fourth-order valence-corrected chi connectivity index (χ4v) is 1.22. The first kappa shape index (κ1) is 10.9. The maximum Gasteiger partial charge on any atom is 0.335 e. The smallest absolute Gasteiger partial charge is 0.335 e. The van der Waals surface area contributed by atoms with Crippen LogP contribution in [-0.4, -0.2) is 28.6 Å². The summed E-state index contributed by atoms with van der Waals surface area (Å²) < 4.78 is 5.16. The Kier molecular flexibility index (Phi) is 3.43. The lowest BCUT2D eigenvalue weighted by Crippen LogP contribution is -2.32. The van der Waals surface area contributed by atoms with Crippen LogP contribution in [0.25, 0.3) is 0 Å². The van der Waals surface area contributed by atoms with Crippen LogP contribution < -0.4 is 0 Å². The Labute approximate surface area is 82.5 Å². The summed E-state index contributed by atoms with van der Waals surface area (Å²) in [5.74, 6) is -2.50. The van der Waals surface area contributed by atoms with Crippen LogP contribution in [0.15, 0.2) is 23.8 Å². The minimum Gasteiger partial charge on any atom is -0.478 e. The number of carbonyl (C=O) groups is 1. The monoisotopic (exact) mass is 198 g/mol. The Hall–Kier alpha value is -1.13. The summed E-state index contributed by atoms with van der Waals surface area (Å²) in [6.45, 7) is 2.33. The van der Waals surface area contributed by atoms with Gasteiger partial charge in [0.25, 0.3) is 0 Å². The molecule has 0 spiro atoms. The highest BCUT2D eigenvalue weighted by atomic mass is 16.6. The van der Waals surface area contributed by atoms with Crippen molar-refractivity contribution in [3.63, 3.8) is 0 Å². The average molecular weight is 198 g/mol. The number of rotatable bonds is 4. The number of ether oxygens (including phenoxy) is 1. The second-order valence-electron chi connectivity index (χ2n) is 3.20. The number of aliphatic hydroxyl groups is 1. The number of hydrogen-bond acceptors (Lipinski definition) is 3. The van der Waals surface area contributed by atoms with Gasteiger partial charge in [0.15, 0.2) is 5.79 Å². The third kappa shape index (κ3) is 2.68. The van der Waals surface area contributed by atoms with Crippen molar-refractivity contribution >= 4 is 5.97 Å². The van der Waals surface area contributed by atoms with E-state index in [-0.39, 0.29) is 5.57 Å². The zero-order chi connectivity index (χ0) is 10.6. The predicted molar refractivity (Wildman–Crippen MR) is 50.7 cm³/mol. The van der Waals surface area contributed by atoms with E-state index in [1.165, 1.54) is 12.2 Å². The average Bonchev–Trinajstić information content (AvgIpc) is 2.15. The van der Waals surface area contributed by atoms with Gasteiger partial charge in [-0.1, -0.05) is 19.1 Å². The topological polar surface area (TPSA) is 66.8 Å². The molecule has 0 bridgehead atoms. The molecule has 0 aliphatic heterocycles. The summed E-state index contributed by atoms with van der Waals surface area (Å²) in [6.07, 6.45) is 5.38. The van der Waals surface area contributed by atoms with Crippen molar-refractivity contribution in [3.8, 4) is 0 Å². The van der Waals surface area contributed by atoms with E-state index in [0.717, 1.165) is 6.42 Å². The zero-order valence-corrected chi connectivity index (χ0v) is 8.06. The van der Waals surface area contributed by atoms with Gasteiger partial charge in [-0.05, 0) is 12.5 Å². The Morgan fingerprint density at radius 2 is 2.43 bits per heavy atom. The van der Waals surface area contributed by atoms with Gasteiger partial charge >= 0.3 is 5.97 Å². The molecule has 4 nitrogen and oxygen atoms in total. The SMILES string of the molecule is CCCOC1(O)C=C(C(=O)O)C=CC1. The third-order valence-electron chi connectivity index (χ3n) is 1.89. The van der Waals surface area contributed by atoms with Crippen molar-refractivity contribution in [2.45, 2.75) is 25.6 Å². The highest BCUT2D eigenvalue weighted by Gasteiger charge is 2.27. The van der Waals surface area contributed by atoms with Crippen molar-refractivity contribution in [1.82, 2.24) is 0 Å². The van der Waals surface area contributed by atoms with Crippen molar-refractivity contribution in [1.29, 1.82) is 0 Å². The molecule has 1 aliphatic rings. The zero-order valence-electron chi connectivity index (χ0n) is 8.06. The van der Waals surface area contributed by atoms with Crippen molar-refractivity contribution in [2.24, 2.45) is 0 Å². The molecule has 1 atom stereocenters. The van der Waals surface area contributed by atoms with Gasteiger partial charge in [-0.2, -0.15) is 0 Å². The summed E-state index contributed by atoms with van der Waals surface area (Å²) >= 11 is 0. The lowest BCUT2D eigenvalue weighted by molar-refractivity contribution is -0.165. The summed E-state index contributed by atoms with van der Waals surface area (Å²) in [5.41, 5.74) is 0.0647. The Morgan fingerprint density at radius 3 is 3.00 bits per heavy atom. The Bertz CT molecular complexity index is 280. The van der Waals surface area contributed by atoms with E-state index < -0.39 is 11.8 Å². The second-order valence-corrected chi connectivity index (χ2v) is 3.20. The maximum atomic E-state index is 10.6. The van der Waals surface area contributed by atoms with Crippen LogP contribution in [-0.2, 0) is 9.53 Å². The molecule has 0 fully saturated rings. The molecule has 4 heteroatoms. The van der Waals surface area contributed by atoms with E-state index >= 15 is 0 Å². The molecule has 0 saturated heterocycles. The van der Waals surface area contributed by atoms with Gasteiger partial charge in [-0.3, -0.25) is 0 Å². The predicted octanol–water partition coefficient (Wildman–Crippen LogP) is 1.07. The fraction of sp³-hybridized carbons (Fsp3) is 0.500. The van der Waals surface area contributed by atoms with Crippen molar-refractivity contribution < 1.29 is 19.7 Å². The van der Waals surface area contributed by atoms with E-state index in [9.17, 15) is 9.90 Å². The van der Waals surface area contributed by atoms with E-state index in [2.05, 4.69) is 0 Å². The molecule has 2 N–H and O–H groups in total. The molecule has 0 aromatic heterocycles. The minimum absolute atomic E-state index is 0.0647. The van der Waals surface area contributed by atoms with E-state index in [4.69, 9.17) is 9.84 Å². The molecule has 0 aromatic carbocycles. The van der Waals surface area contributed by atoms with E-state index in [0.29, 0.717) is 13.0 Å². The molecule has 1 aliphatic carbocycles. The molecule has 0 aromatic rings. The van der Waals surface area contributed by atoms with Crippen LogP contribution in [0.2, 0.25) is 0 Å². The van der Waals surface area contributed by atoms with Gasteiger partial charge in [0, 0.05) is 6.42 Å². The number of carboxylic acid groups (broad SMARTS) is 1. The quantitative estimate of drug-likeness (QED) is 0.663. The molecular weight excluding hydrogens is 184 g/mol. The lowest BCUT2D eigenvalue weighted by atomic mass is 10.0. The van der Waals surface area contributed by atoms with Gasteiger partial charge in [0.2, 0.25) is 0 Å². The highest BCUT2D eigenvalue weighted by molar-refractivity contribution is 5.90. The molecular formula is C10H14O4. The normalized spacial score (nSPS) is 26.0. The molecule has 0 radical (unpaired) electrons. The minimum atomic E-state index is -1.45. The van der Waals surface area contributed by atoms with Gasteiger partial charge in [0.05, 0.1) is 12.2 Å². The maximum absolute atomic E-state index is 10.6. The fourth-order valence-electron chi connectivity index (χ4n) is 1.22. The highest BCUT2D eigenvalue weighted by Crippen LogP contribution is 2.22. The Balaban J connectivity index is 2.72.